The zero-order valence-electron chi connectivity index (χ0n) is 17.5. The molecule has 0 unspecified atom stereocenters. The molecule has 2 fully saturated rings. The highest BCUT2D eigenvalue weighted by atomic mass is 127. The van der Waals surface area contributed by atoms with E-state index in [-0.39, 0.29) is 12.1 Å². The van der Waals surface area contributed by atoms with Crippen molar-refractivity contribution in [3.8, 4) is 0 Å². The van der Waals surface area contributed by atoms with E-state index in [9.17, 15) is 4.79 Å². The maximum absolute atomic E-state index is 12.3. The molecule has 5 heteroatoms. The molecule has 1 N–H and O–H groups in total. The number of amides is 1. The molecule has 1 aromatic rings. The fraction of sp³-hybridized carbons (Fsp3) is 0.696. The van der Waals surface area contributed by atoms with Gasteiger partial charge in [0.15, 0.2) is 0 Å². The van der Waals surface area contributed by atoms with Crippen LogP contribution in [0.5, 0.6) is 0 Å². The van der Waals surface area contributed by atoms with Crippen molar-refractivity contribution in [2.75, 3.05) is 18.0 Å². The molecule has 1 aromatic carbocycles. The molecule has 1 saturated carbocycles. The van der Waals surface area contributed by atoms with Crippen LogP contribution in [-0.2, 0) is 4.74 Å². The lowest BCUT2D eigenvalue weighted by atomic mass is 9.77. The lowest BCUT2D eigenvalue weighted by molar-refractivity contribution is 0.0460. The van der Waals surface area contributed by atoms with E-state index in [0.29, 0.717) is 11.8 Å². The first-order chi connectivity index (χ1) is 13.3. The Morgan fingerprint density at radius 2 is 1.86 bits per heavy atom. The summed E-state index contributed by atoms with van der Waals surface area (Å²) in [5.74, 6) is 1.28. The van der Waals surface area contributed by atoms with Gasteiger partial charge in [0.05, 0.1) is 0 Å². The summed E-state index contributed by atoms with van der Waals surface area (Å²) in [5.41, 5.74) is 0.906. The van der Waals surface area contributed by atoms with Gasteiger partial charge in [-0.2, -0.15) is 0 Å². The summed E-state index contributed by atoms with van der Waals surface area (Å²) in [6.45, 7) is 8.06. The molecule has 1 saturated heterocycles. The number of carbonyl (C=O) groups is 1. The van der Waals surface area contributed by atoms with Gasteiger partial charge in [0.1, 0.15) is 5.60 Å². The number of halogens is 1. The van der Waals surface area contributed by atoms with Crippen LogP contribution in [0.15, 0.2) is 24.3 Å². The van der Waals surface area contributed by atoms with Gasteiger partial charge in [-0.3, -0.25) is 0 Å². The summed E-state index contributed by atoms with van der Waals surface area (Å²) < 4.78 is 6.79. The molecule has 0 spiro atoms. The second-order valence-corrected chi connectivity index (χ2v) is 10.7. The Morgan fingerprint density at radius 3 is 2.57 bits per heavy atom. The zero-order valence-corrected chi connectivity index (χ0v) is 19.7. The minimum atomic E-state index is -0.439. The van der Waals surface area contributed by atoms with Crippen molar-refractivity contribution in [2.45, 2.75) is 77.4 Å². The second kappa shape index (κ2) is 9.68. The lowest BCUT2D eigenvalue weighted by Gasteiger charge is -2.39. The lowest BCUT2D eigenvalue weighted by Crippen LogP contribution is -2.46. The molecule has 0 radical (unpaired) electrons. The van der Waals surface area contributed by atoms with Crippen molar-refractivity contribution in [3.05, 3.63) is 27.8 Å². The van der Waals surface area contributed by atoms with E-state index in [4.69, 9.17) is 4.74 Å². The summed E-state index contributed by atoms with van der Waals surface area (Å²) >= 11 is 2.36. The van der Waals surface area contributed by atoms with Crippen LogP contribution in [-0.4, -0.2) is 30.8 Å². The van der Waals surface area contributed by atoms with Crippen molar-refractivity contribution in [3.63, 3.8) is 0 Å². The van der Waals surface area contributed by atoms with Crippen LogP contribution in [0.3, 0.4) is 0 Å². The minimum absolute atomic E-state index is 0.256. The highest BCUT2D eigenvalue weighted by Gasteiger charge is 2.31. The number of alkyl carbamates (subject to hydrolysis) is 1. The Kier molecular flexibility index (Phi) is 7.51. The van der Waals surface area contributed by atoms with E-state index in [1.807, 2.05) is 20.8 Å². The zero-order chi connectivity index (χ0) is 20.1. The highest BCUT2D eigenvalue weighted by molar-refractivity contribution is 14.1. The first kappa shape index (κ1) is 21.7. The topological polar surface area (TPSA) is 41.6 Å². The maximum atomic E-state index is 12.3. The third kappa shape index (κ3) is 6.53. The molecule has 3 atom stereocenters. The molecule has 28 heavy (non-hydrogen) atoms. The third-order valence-corrected chi connectivity index (χ3v) is 6.68. The number of ether oxygens (including phenoxy) is 1. The molecule has 0 bridgehead atoms. The molecule has 1 aliphatic carbocycles. The average Bonchev–Trinajstić information content (AvgIpc) is 2.63. The predicted octanol–water partition coefficient (Wildman–Crippen LogP) is 5.98. The van der Waals surface area contributed by atoms with Crippen LogP contribution in [0.25, 0.3) is 0 Å². The summed E-state index contributed by atoms with van der Waals surface area (Å²) in [6, 6.07) is 9.15. The molecule has 1 aliphatic heterocycles. The number of rotatable bonds is 4. The van der Waals surface area contributed by atoms with Crippen LogP contribution in [0.1, 0.15) is 65.7 Å². The largest absolute Gasteiger partial charge is 0.444 e. The number of piperidine rings is 1. The number of benzene rings is 1. The van der Waals surface area contributed by atoms with Gasteiger partial charge >= 0.3 is 6.09 Å². The standard InChI is InChI=1S/C23H35IN2O2/c1-23(2,3)28-22(27)25-21-9-5-4-8-18(21)15-17-7-6-14-26(16-17)20-12-10-19(24)11-13-20/h10-13,17-18,21H,4-9,14-16H2,1-3H3,(H,25,27)/t17-,18+,21-/m1/s1. The summed E-state index contributed by atoms with van der Waals surface area (Å²) in [7, 11) is 0. The SMILES string of the molecule is CC(C)(C)OC(=O)N[C@@H]1CCCC[C@H]1C[C@H]1CCCN(c2ccc(I)cc2)C1. The summed E-state index contributed by atoms with van der Waals surface area (Å²) in [6.07, 6.45) is 8.30. The van der Waals surface area contributed by atoms with Crippen LogP contribution < -0.4 is 10.2 Å². The molecular weight excluding hydrogens is 463 g/mol. The average molecular weight is 498 g/mol. The molecule has 156 valence electrons. The van der Waals surface area contributed by atoms with Gasteiger partial charge in [0, 0.05) is 28.4 Å². The second-order valence-electron chi connectivity index (χ2n) is 9.46. The van der Waals surface area contributed by atoms with Crippen LogP contribution >= 0.6 is 22.6 Å². The maximum Gasteiger partial charge on any atom is 0.407 e. The molecule has 4 nitrogen and oxygen atoms in total. The fourth-order valence-electron chi connectivity index (χ4n) is 4.71. The molecule has 1 amide bonds. The van der Waals surface area contributed by atoms with Gasteiger partial charge in [0.2, 0.25) is 0 Å². The van der Waals surface area contributed by atoms with E-state index >= 15 is 0 Å². The van der Waals surface area contributed by atoms with Gasteiger partial charge in [-0.15, -0.1) is 0 Å². The number of hydrogen-bond acceptors (Lipinski definition) is 3. The smallest absolute Gasteiger partial charge is 0.407 e. The van der Waals surface area contributed by atoms with Gasteiger partial charge in [-0.1, -0.05) is 12.8 Å². The third-order valence-electron chi connectivity index (χ3n) is 5.96. The monoisotopic (exact) mass is 498 g/mol. The van der Waals surface area contributed by atoms with Crippen molar-refractivity contribution in [1.29, 1.82) is 0 Å². The van der Waals surface area contributed by atoms with Crippen LogP contribution in [0.4, 0.5) is 10.5 Å². The quantitative estimate of drug-likeness (QED) is 0.520. The number of anilines is 1. The first-order valence-corrected chi connectivity index (χ1v) is 11.9. The van der Waals surface area contributed by atoms with E-state index < -0.39 is 5.60 Å². The van der Waals surface area contributed by atoms with Crippen LogP contribution in [0.2, 0.25) is 0 Å². The Hall–Kier alpha value is -0.980. The molecule has 2 aliphatic rings. The van der Waals surface area contributed by atoms with Crippen molar-refractivity contribution >= 4 is 34.4 Å². The number of nitrogens with zero attached hydrogens (tertiary/aromatic N) is 1. The Balaban J connectivity index is 1.57. The normalized spacial score (nSPS) is 26.0. The highest BCUT2D eigenvalue weighted by Crippen LogP contribution is 2.34. The summed E-state index contributed by atoms with van der Waals surface area (Å²) in [5, 5.41) is 3.19. The van der Waals surface area contributed by atoms with Gasteiger partial charge in [-0.05, 0) is 112 Å². The minimum Gasteiger partial charge on any atom is -0.444 e. The van der Waals surface area contributed by atoms with Gasteiger partial charge in [0.25, 0.3) is 0 Å². The van der Waals surface area contributed by atoms with E-state index in [2.05, 4.69) is 57.1 Å². The Labute approximate surface area is 183 Å². The number of carbonyl (C=O) groups excluding carboxylic acids is 1. The Bertz CT molecular complexity index is 641. The molecule has 1 heterocycles. The first-order valence-electron chi connectivity index (χ1n) is 10.8. The van der Waals surface area contributed by atoms with Crippen molar-refractivity contribution in [1.82, 2.24) is 5.32 Å². The number of nitrogens with one attached hydrogen (secondary N) is 1. The van der Waals surface area contributed by atoms with Gasteiger partial charge in [-0.25, -0.2) is 4.79 Å². The molecule has 0 aromatic heterocycles. The molecule has 3 rings (SSSR count). The van der Waals surface area contributed by atoms with Crippen LogP contribution in [0, 0.1) is 15.4 Å². The van der Waals surface area contributed by atoms with E-state index in [1.165, 1.54) is 47.8 Å². The van der Waals surface area contributed by atoms with Crippen molar-refractivity contribution in [2.24, 2.45) is 11.8 Å². The predicted molar refractivity (Wildman–Crippen MR) is 124 cm³/mol. The Morgan fingerprint density at radius 1 is 1.14 bits per heavy atom. The summed E-state index contributed by atoms with van der Waals surface area (Å²) in [4.78, 5) is 14.8. The fourth-order valence-corrected chi connectivity index (χ4v) is 5.07. The van der Waals surface area contributed by atoms with E-state index in [0.717, 1.165) is 19.5 Å². The van der Waals surface area contributed by atoms with E-state index in [1.54, 1.807) is 0 Å². The van der Waals surface area contributed by atoms with Gasteiger partial charge < -0.3 is 15.0 Å². The van der Waals surface area contributed by atoms with Crippen molar-refractivity contribution < 1.29 is 9.53 Å². The number of hydrogen-bond donors (Lipinski definition) is 1. The molecular formula is C23H35IN2O2.